The number of hydrogen-bond donors (Lipinski definition) is 1. The van der Waals surface area contributed by atoms with Crippen LogP contribution in [0.1, 0.15) is 29.9 Å². The van der Waals surface area contributed by atoms with Crippen molar-refractivity contribution in [1.29, 1.82) is 0 Å². The lowest BCUT2D eigenvalue weighted by molar-refractivity contribution is 0.725. The number of aromatic nitrogens is 2. The van der Waals surface area contributed by atoms with E-state index in [1.54, 1.807) is 0 Å². The molecule has 0 amide bonds. The number of nitrogens with zero attached hydrogens (tertiary/aromatic N) is 2. The molecule has 0 saturated heterocycles. The van der Waals surface area contributed by atoms with Crippen molar-refractivity contribution in [3.8, 4) is 0 Å². The van der Waals surface area contributed by atoms with Gasteiger partial charge in [0, 0.05) is 18.7 Å². The third kappa shape index (κ3) is 1.80. The minimum Gasteiger partial charge on any atom is -0.330 e. The highest BCUT2D eigenvalue weighted by Crippen LogP contribution is 2.14. The van der Waals surface area contributed by atoms with E-state index >= 15 is 0 Å². The van der Waals surface area contributed by atoms with Crippen LogP contribution in [0, 0.1) is 13.8 Å². The minimum absolute atomic E-state index is 0.326. The second-order valence-corrected chi connectivity index (χ2v) is 3.12. The maximum atomic E-state index is 5.56. The molecule has 0 aliphatic rings. The first-order valence-electron chi connectivity index (χ1n) is 4.15. The average molecular weight is 165 g/mol. The van der Waals surface area contributed by atoms with Gasteiger partial charge in [-0.05, 0) is 19.4 Å². The summed E-state index contributed by atoms with van der Waals surface area (Å²) in [4.78, 5) is 8.46. The summed E-state index contributed by atoms with van der Waals surface area (Å²) < 4.78 is 0. The van der Waals surface area contributed by atoms with Gasteiger partial charge < -0.3 is 5.73 Å². The lowest BCUT2D eigenvalue weighted by atomic mass is 10.0. The zero-order chi connectivity index (χ0) is 9.14. The maximum absolute atomic E-state index is 5.56. The molecule has 66 valence electrons. The molecular weight excluding hydrogens is 150 g/mol. The fourth-order valence-electron chi connectivity index (χ4n) is 1.16. The van der Waals surface area contributed by atoms with Crippen molar-refractivity contribution < 1.29 is 0 Å². The van der Waals surface area contributed by atoms with Gasteiger partial charge in [0.05, 0.1) is 5.69 Å². The molecule has 0 aliphatic carbocycles. The standard InChI is InChI=1S/C9H15N3/c1-6(4-10)9-7(2)5-11-8(3)12-9/h5-6H,4,10H2,1-3H3. The van der Waals surface area contributed by atoms with Crippen LogP contribution < -0.4 is 5.73 Å². The van der Waals surface area contributed by atoms with Gasteiger partial charge in [0.2, 0.25) is 0 Å². The minimum atomic E-state index is 0.326. The van der Waals surface area contributed by atoms with Crippen LogP contribution in [0.5, 0.6) is 0 Å². The number of aryl methyl sites for hydroxylation is 2. The van der Waals surface area contributed by atoms with Gasteiger partial charge in [-0.2, -0.15) is 0 Å². The summed E-state index contributed by atoms with van der Waals surface area (Å²) in [6.45, 7) is 6.62. The largest absolute Gasteiger partial charge is 0.330 e. The van der Waals surface area contributed by atoms with E-state index in [0.29, 0.717) is 12.5 Å². The van der Waals surface area contributed by atoms with Gasteiger partial charge in [-0.15, -0.1) is 0 Å². The molecule has 1 heterocycles. The van der Waals surface area contributed by atoms with Crippen LogP contribution in [-0.2, 0) is 0 Å². The second-order valence-electron chi connectivity index (χ2n) is 3.12. The van der Waals surface area contributed by atoms with E-state index in [9.17, 15) is 0 Å². The third-order valence-corrected chi connectivity index (χ3v) is 1.95. The monoisotopic (exact) mass is 165 g/mol. The molecule has 0 spiro atoms. The Balaban J connectivity index is 3.04. The Morgan fingerprint density at radius 2 is 2.17 bits per heavy atom. The summed E-state index contributed by atoms with van der Waals surface area (Å²) in [7, 11) is 0. The van der Waals surface area contributed by atoms with Crippen molar-refractivity contribution in [3.05, 3.63) is 23.3 Å². The van der Waals surface area contributed by atoms with Crippen molar-refractivity contribution in [2.45, 2.75) is 26.7 Å². The molecule has 0 saturated carbocycles. The molecule has 3 heteroatoms. The predicted octanol–water partition coefficient (Wildman–Crippen LogP) is 1.16. The molecule has 12 heavy (non-hydrogen) atoms. The van der Waals surface area contributed by atoms with Gasteiger partial charge in [0.15, 0.2) is 0 Å². The highest BCUT2D eigenvalue weighted by atomic mass is 14.9. The number of hydrogen-bond acceptors (Lipinski definition) is 3. The molecule has 1 atom stereocenters. The molecule has 3 nitrogen and oxygen atoms in total. The quantitative estimate of drug-likeness (QED) is 0.715. The van der Waals surface area contributed by atoms with Crippen LogP contribution in [-0.4, -0.2) is 16.5 Å². The Morgan fingerprint density at radius 1 is 1.50 bits per heavy atom. The van der Waals surface area contributed by atoms with Crippen molar-refractivity contribution in [2.24, 2.45) is 5.73 Å². The molecule has 1 rings (SSSR count). The van der Waals surface area contributed by atoms with Crippen molar-refractivity contribution in [2.75, 3.05) is 6.54 Å². The summed E-state index contributed by atoms with van der Waals surface area (Å²) >= 11 is 0. The highest BCUT2D eigenvalue weighted by molar-refractivity contribution is 5.19. The predicted molar refractivity (Wildman–Crippen MR) is 49.0 cm³/mol. The second kappa shape index (κ2) is 3.63. The highest BCUT2D eigenvalue weighted by Gasteiger charge is 2.08. The summed E-state index contributed by atoms with van der Waals surface area (Å²) in [5.41, 5.74) is 7.76. The fourth-order valence-corrected chi connectivity index (χ4v) is 1.16. The normalized spacial score (nSPS) is 13.0. The van der Waals surface area contributed by atoms with E-state index in [-0.39, 0.29) is 0 Å². The van der Waals surface area contributed by atoms with E-state index < -0.39 is 0 Å². The van der Waals surface area contributed by atoms with Gasteiger partial charge in [-0.1, -0.05) is 6.92 Å². The van der Waals surface area contributed by atoms with E-state index in [1.807, 2.05) is 20.0 Å². The first-order valence-corrected chi connectivity index (χ1v) is 4.15. The Hall–Kier alpha value is -0.960. The maximum Gasteiger partial charge on any atom is 0.125 e. The molecule has 0 aromatic carbocycles. The van der Waals surface area contributed by atoms with Crippen LogP contribution in [0.3, 0.4) is 0 Å². The summed E-state index contributed by atoms with van der Waals surface area (Å²) in [5.74, 6) is 1.14. The lowest BCUT2D eigenvalue weighted by Gasteiger charge is -2.10. The molecule has 1 unspecified atom stereocenters. The SMILES string of the molecule is Cc1ncc(C)c(C(C)CN)n1. The number of rotatable bonds is 2. The van der Waals surface area contributed by atoms with Gasteiger partial charge >= 0.3 is 0 Å². The average Bonchev–Trinajstić information content (AvgIpc) is 2.08. The van der Waals surface area contributed by atoms with Crippen molar-refractivity contribution in [3.63, 3.8) is 0 Å². The molecule has 2 N–H and O–H groups in total. The van der Waals surface area contributed by atoms with Gasteiger partial charge in [-0.25, -0.2) is 9.97 Å². The van der Waals surface area contributed by atoms with Crippen molar-refractivity contribution >= 4 is 0 Å². The molecule has 0 radical (unpaired) electrons. The van der Waals surface area contributed by atoms with Crippen LogP contribution in [0.4, 0.5) is 0 Å². The zero-order valence-electron chi connectivity index (χ0n) is 7.83. The van der Waals surface area contributed by atoms with Gasteiger partial charge in [0.1, 0.15) is 5.82 Å². The van der Waals surface area contributed by atoms with Crippen LogP contribution >= 0.6 is 0 Å². The first-order chi connectivity index (χ1) is 5.65. The summed E-state index contributed by atoms with van der Waals surface area (Å²) in [6, 6.07) is 0. The Bertz CT molecular complexity index is 270. The summed E-state index contributed by atoms with van der Waals surface area (Å²) in [6.07, 6.45) is 1.85. The molecular formula is C9H15N3. The summed E-state index contributed by atoms with van der Waals surface area (Å²) in [5, 5.41) is 0. The van der Waals surface area contributed by atoms with Crippen LogP contribution in [0.2, 0.25) is 0 Å². The third-order valence-electron chi connectivity index (χ3n) is 1.95. The molecule has 1 aromatic rings. The molecule has 1 aromatic heterocycles. The number of nitrogens with two attached hydrogens (primary N) is 1. The molecule has 0 fully saturated rings. The topological polar surface area (TPSA) is 51.8 Å². The van der Waals surface area contributed by atoms with E-state index in [1.165, 1.54) is 0 Å². The Morgan fingerprint density at radius 3 is 2.75 bits per heavy atom. The Kier molecular flexibility index (Phi) is 2.76. The van der Waals surface area contributed by atoms with E-state index in [2.05, 4.69) is 16.9 Å². The van der Waals surface area contributed by atoms with Crippen LogP contribution in [0.15, 0.2) is 6.20 Å². The molecule has 0 bridgehead atoms. The van der Waals surface area contributed by atoms with Gasteiger partial charge in [0.25, 0.3) is 0 Å². The van der Waals surface area contributed by atoms with E-state index in [0.717, 1.165) is 17.1 Å². The zero-order valence-corrected chi connectivity index (χ0v) is 7.83. The lowest BCUT2D eigenvalue weighted by Crippen LogP contribution is -2.12. The fraction of sp³-hybridized carbons (Fsp3) is 0.556. The van der Waals surface area contributed by atoms with Crippen molar-refractivity contribution in [1.82, 2.24) is 9.97 Å². The Labute approximate surface area is 73.0 Å². The van der Waals surface area contributed by atoms with Crippen LogP contribution in [0.25, 0.3) is 0 Å². The smallest absolute Gasteiger partial charge is 0.125 e. The van der Waals surface area contributed by atoms with E-state index in [4.69, 9.17) is 5.73 Å². The molecule has 0 aliphatic heterocycles. The first kappa shape index (κ1) is 9.13. The van der Waals surface area contributed by atoms with Gasteiger partial charge in [-0.3, -0.25) is 0 Å².